The lowest BCUT2D eigenvalue weighted by Crippen LogP contribution is -2.53. The van der Waals surface area contributed by atoms with Crippen LogP contribution in [0.15, 0.2) is 24.3 Å². The summed E-state index contributed by atoms with van der Waals surface area (Å²) in [5, 5.41) is 15.4. The highest BCUT2D eigenvalue weighted by Gasteiger charge is 2.34. The van der Waals surface area contributed by atoms with Crippen molar-refractivity contribution >= 4 is 17.6 Å². The summed E-state index contributed by atoms with van der Waals surface area (Å²) in [7, 11) is 3.62. The summed E-state index contributed by atoms with van der Waals surface area (Å²) in [4.78, 5) is 29.0. The molecule has 9 heteroatoms. The average Bonchev–Trinajstić information content (AvgIpc) is 2.75. The van der Waals surface area contributed by atoms with E-state index in [9.17, 15) is 14.7 Å². The molecule has 0 aliphatic carbocycles. The highest BCUT2D eigenvalue weighted by molar-refractivity contribution is 5.89. The van der Waals surface area contributed by atoms with Crippen molar-refractivity contribution in [2.45, 2.75) is 37.5 Å². The first-order chi connectivity index (χ1) is 14.5. The van der Waals surface area contributed by atoms with Gasteiger partial charge in [0.1, 0.15) is 11.9 Å². The Kier molecular flexibility index (Phi) is 7.89. The lowest BCUT2D eigenvalue weighted by atomic mass is 9.97. The van der Waals surface area contributed by atoms with Crippen molar-refractivity contribution in [1.29, 1.82) is 0 Å². The van der Waals surface area contributed by atoms with Gasteiger partial charge in [0.25, 0.3) is 0 Å². The Morgan fingerprint density at radius 3 is 2.70 bits per heavy atom. The molecule has 2 aliphatic heterocycles. The van der Waals surface area contributed by atoms with E-state index >= 15 is 0 Å². The largest absolute Gasteiger partial charge is 0.497 e. The van der Waals surface area contributed by atoms with Gasteiger partial charge in [-0.3, -0.25) is 4.79 Å². The van der Waals surface area contributed by atoms with Gasteiger partial charge in [-0.05, 0) is 32.0 Å². The van der Waals surface area contributed by atoms with Gasteiger partial charge in [-0.2, -0.15) is 0 Å². The fraction of sp³-hybridized carbons (Fsp3) is 0.619. The average molecular weight is 421 g/mol. The summed E-state index contributed by atoms with van der Waals surface area (Å²) in [6.07, 6.45) is 0.814. The standard InChI is InChI=1S/C21H32N4O5/c1-24-8-10-25(11-9-24)20(27)13-17-6-7-18(19(14-26)30-17)23-21(28)22-15-4-3-5-16(12-15)29-2/h3-5,12,17-19,26H,6-11,13-14H2,1-2H3,(H2,22,23,28)/t17-,18+,19-/m1/s1. The zero-order valence-electron chi connectivity index (χ0n) is 17.7. The van der Waals surface area contributed by atoms with Crippen LogP contribution in [0.3, 0.4) is 0 Å². The Balaban J connectivity index is 1.47. The molecule has 2 heterocycles. The molecule has 2 aliphatic rings. The van der Waals surface area contributed by atoms with Crippen LogP contribution in [0.4, 0.5) is 10.5 Å². The Morgan fingerprint density at radius 2 is 2.00 bits per heavy atom. The number of likely N-dealkylation sites (N-methyl/N-ethyl adjacent to an activating group) is 1. The van der Waals surface area contributed by atoms with Crippen LogP contribution in [0, 0.1) is 0 Å². The molecule has 0 radical (unpaired) electrons. The number of carbonyl (C=O) groups is 2. The second kappa shape index (κ2) is 10.6. The zero-order chi connectivity index (χ0) is 21.5. The van der Waals surface area contributed by atoms with E-state index in [0.717, 1.165) is 26.2 Å². The van der Waals surface area contributed by atoms with Crippen molar-refractivity contribution in [3.8, 4) is 5.75 Å². The molecule has 0 bridgehead atoms. The van der Waals surface area contributed by atoms with Gasteiger partial charge in [0.05, 0.1) is 32.3 Å². The van der Waals surface area contributed by atoms with Crippen LogP contribution in [0.25, 0.3) is 0 Å². The second-order valence-corrected chi connectivity index (χ2v) is 7.88. The number of urea groups is 1. The van der Waals surface area contributed by atoms with Crippen LogP contribution in [0.1, 0.15) is 19.3 Å². The number of hydrogen-bond acceptors (Lipinski definition) is 6. The third kappa shape index (κ3) is 6.07. The van der Waals surface area contributed by atoms with E-state index in [1.807, 2.05) is 4.90 Å². The van der Waals surface area contributed by atoms with Gasteiger partial charge in [0, 0.05) is 37.9 Å². The predicted molar refractivity (Wildman–Crippen MR) is 113 cm³/mol. The third-order valence-corrected chi connectivity index (χ3v) is 5.70. The van der Waals surface area contributed by atoms with E-state index in [1.54, 1.807) is 31.4 Å². The summed E-state index contributed by atoms with van der Waals surface area (Å²) in [5.41, 5.74) is 0.611. The van der Waals surface area contributed by atoms with E-state index in [2.05, 4.69) is 22.6 Å². The van der Waals surface area contributed by atoms with Crippen LogP contribution in [-0.4, -0.2) is 92.0 Å². The molecule has 3 rings (SSSR count). The molecule has 0 saturated carbocycles. The molecule has 0 aromatic heterocycles. The predicted octanol–water partition coefficient (Wildman–Crippen LogP) is 0.889. The summed E-state index contributed by atoms with van der Waals surface area (Å²) in [6.45, 7) is 3.01. The van der Waals surface area contributed by atoms with Gasteiger partial charge in [0.15, 0.2) is 0 Å². The van der Waals surface area contributed by atoms with Gasteiger partial charge in [-0.15, -0.1) is 0 Å². The number of benzene rings is 1. The molecule has 2 fully saturated rings. The maximum absolute atomic E-state index is 12.6. The topological polar surface area (TPSA) is 103 Å². The van der Waals surface area contributed by atoms with E-state index in [0.29, 0.717) is 30.7 Å². The van der Waals surface area contributed by atoms with Crippen molar-refractivity contribution in [2.75, 3.05) is 52.3 Å². The maximum atomic E-state index is 12.6. The first-order valence-electron chi connectivity index (χ1n) is 10.4. The summed E-state index contributed by atoms with van der Waals surface area (Å²) in [6, 6.07) is 6.38. The minimum atomic E-state index is -0.542. The van der Waals surface area contributed by atoms with Crippen LogP contribution < -0.4 is 15.4 Å². The first kappa shape index (κ1) is 22.3. The van der Waals surface area contributed by atoms with E-state index in [1.165, 1.54) is 0 Å². The molecular formula is C21H32N4O5. The van der Waals surface area contributed by atoms with Crippen LogP contribution in [0.2, 0.25) is 0 Å². The number of piperazine rings is 1. The van der Waals surface area contributed by atoms with Gasteiger partial charge in [-0.25, -0.2) is 4.79 Å². The molecule has 0 unspecified atom stereocenters. The molecular weight excluding hydrogens is 388 g/mol. The molecule has 166 valence electrons. The quantitative estimate of drug-likeness (QED) is 0.632. The van der Waals surface area contributed by atoms with Crippen molar-refractivity contribution in [2.24, 2.45) is 0 Å². The SMILES string of the molecule is COc1cccc(NC(=O)N[C@H]2CC[C@H](CC(=O)N3CCN(C)CC3)O[C@@H]2CO)c1. The van der Waals surface area contributed by atoms with E-state index in [4.69, 9.17) is 9.47 Å². The smallest absolute Gasteiger partial charge is 0.319 e. The van der Waals surface area contributed by atoms with Crippen molar-refractivity contribution in [3.05, 3.63) is 24.3 Å². The summed E-state index contributed by atoms with van der Waals surface area (Å²) >= 11 is 0. The molecule has 3 atom stereocenters. The van der Waals surface area contributed by atoms with E-state index < -0.39 is 6.10 Å². The maximum Gasteiger partial charge on any atom is 0.319 e. The van der Waals surface area contributed by atoms with Crippen LogP contribution >= 0.6 is 0 Å². The van der Waals surface area contributed by atoms with Gasteiger partial charge >= 0.3 is 6.03 Å². The molecule has 2 saturated heterocycles. The lowest BCUT2D eigenvalue weighted by molar-refractivity contribution is -0.141. The Bertz CT molecular complexity index is 723. The lowest BCUT2D eigenvalue weighted by Gasteiger charge is -2.37. The number of ether oxygens (including phenoxy) is 2. The summed E-state index contributed by atoms with van der Waals surface area (Å²) < 4.78 is 11.1. The minimum Gasteiger partial charge on any atom is -0.497 e. The number of rotatable bonds is 6. The molecule has 30 heavy (non-hydrogen) atoms. The number of amides is 3. The Labute approximate surface area is 177 Å². The molecule has 1 aromatic rings. The van der Waals surface area contributed by atoms with Crippen LogP contribution in [-0.2, 0) is 9.53 Å². The minimum absolute atomic E-state index is 0.0898. The number of aliphatic hydroxyl groups is 1. The van der Waals surface area contributed by atoms with Crippen molar-refractivity contribution in [1.82, 2.24) is 15.1 Å². The van der Waals surface area contributed by atoms with Crippen molar-refractivity contribution in [3.63, 3.8) is 0 Å². The monoisotopic (exact) mass is 420 g/mol. The zero-order valence-corrected chi connectivity index (χ0v) is 17.7. The van der Waals surface area contributed by atoms with Gasteiger partial charge in [0.2, 0.25) is 5.91 Å². The number of hydrogen-bond donors (Lipinski definition) is 3. The molecule has 9 nitrogen and oxygen atoms in total. The Hall–Kier alpha value is -2.36. The Morgan fingerprint density at radius 1 is 1.23 bits per heavy atom. The first-order valence-corrected chi connectivity index (χ1v) is 10.4. The highest BCUT2D eigenvalue weighted by atomic mass is 16.5. The normalized spacial score (nSPS) is 24.9. The molecule has 3 N–H and O–H groups in total. The fourth-order valence-electron chi connectivity index (χ4n) is 3.86. The number of aliphatic hydroxyl groups excluding tert-OH is 1. The van der Waals surface area contributed by atoms with Gasteiger partial charge in [-0.1, -0.05) is 6.07 Å². The number of methoxy groups -OCH3 is 1. The number of anilines is 1. The second-order valence-electron chi connectivity index (χ2n) is 7.88. The molecule has 1 aromatic carbocycles. The number of nitrogens with zero attached hydrogens (tertiary/aromatic N) is 2. The summed E-state index contributed by atoms with van der Waals surface area (Å²) in [5.74, 6) is 0.738. The number of nitrogens with one attached hydrogen (secondary N) is 2. The molecule has 0 spiro atoms. The number of carbonyl (C=O) groups excluding carboxylic acids is 2. The van der Waals surface area contributed by atoms with Crippen LogP contribution in [0.5, 0.6) is 5.75 Å². The molecule has 3 amide bonds. The van der Waals surface area contributed by atoms with Crippen molar-refractivity contribution < 1.29 is 24.2 Å². The van der Waals surface area contributed by atoms with Gasteiger partial charge < -0.3 is 35.0 Å². The fourth-order valence-corrected chi connectivity index (χ4v) is 3.86. The van der Waals surface area contributed by atoms with E-state index in [-0.39, 0.29) is 30.7 Å². The highest BCUT2D eigenvalue weighted by Crippen LogP contribution is 2.23. The third-order valence-electron chi connectivity index (χ3n) is 5.70.